The molecule has 0 aliphatic heterocycles. The van der Waals surface area contributed by atoms with E-state index in [2.05, 4.69) is 0 Å². The van der Waals surface area contributed by atoms with Crippen LogP contribution in [-0.4, -0.2) is 11.6 Å². The normalized spacial score (nSPS) is 14.4. The smallest absolute Gasteiger partial charge is 0.227 e. The van der Waals surface area contributed by atoms with Gasteiger partial charge in [0.2, 0.25) is 7.37 Å². The Morgan fingerprint density at radius 2 is 1.50 bits per heavy atom. The molecule has 1 N–H and O–H groups in total. The summed E-state index contributed by atoms with van der Waals surface area (Å²) >= 11 is 0. The Hall–Kier alpha value is -1.37. The fourth-order valence-corrected chi connectivity index (χ4v) is 2.71. The van der Waals surface area contributed by atoms with Crippen molar-refractivity contribution >= 4 is 12.7 Å². The first kappa shape index (κ1) is 11.1. The molecule has 0 aliphatic rings. The summed E-state index contributed by atoms with van der Waals surface area (Å²) in [5.74, 6) is 0. The van der Waals surface area contributed by atoms with Crippen LogP contribution in [0.25, 0.3) is 11.1 Å². The summed E-state index contributed by atoms with van der Waals surface area (Å²) in [4.78, 5) is 9.69. The maximum Gasteiger partial charge on any atom is 0.227 e. The third kappa shape index (κ3) is 2.24. The van der Waals surface area contributed by atoms with Crippen LogP contribution < -0.4 is 5.30 Å². The second kappa shape index (κ2) is 4.25. The first-order valence-electron chi connectivity index (χ1n) is 5.04. The molecule has 1 unspecified atom stereocenters. The van der Waals surface area contributed by atoms with E-state index < -0.39 is 7.37 Å². The third-order valence-electron chi connectivity index (χ3n) is 2.44. The second-order valence-corrected chi connectivity index (χ2v) is 6.00. The van der Waals surface area contributed by atoms with Gasteiger partial charge in [0.15, 0.2) is 0 Å². The zero-order valence-electron chi connectivity index (χ0n) is 9.00. The minimum absolute atomic E-state index is 0.515. The highest BCUT2D eigenvalue weighted by Crippen LogP contribution is 2.38. The lowest BCUT2D eigenvalue weighted by Gasteiger charge is -2.11. The van der Waals surface area contributed by atoms with Crippen LogP contribution in [0.1, 0.15) is 0 Å². The Bertz CT molecular complexity index is 529. The number of hydrogen-bond acceptors (Lipinski definition) is 1. The Balaban J connectivity index is 2.63. The molecular weight excluding hydrogens is 219 g/mol. The second-order valence-electron chi connectivity index (χ2n) is 3.76. The molecule has 0 saturated heterocycles. The van der Waals surface area contributed by atoms with Gasteiger partial charge in [-0.05, 0) is 17.2 Å². The van der Waals surface area contributed by atoms with Crippen LogP contribution in [-0.2, 0) is 4.57 Å². The van der Waals surface area contributed by atoms with Crippen LogP contribution in [0, 0.1) is 0 Å². The highest BCUT2D eigenvalue weighted by atomic mass is 31.2. The predicted molar refractivity (Wildman–Crippen MR) is 67.3 cm³/mol. The van der Waals surface area contributed by atoms with E-state index >= 15 is 0 Å². The fraction of sp³-hybridized carbons (Fsp3) is 0.0769. The molecule has 3 heteroatoms. The molecule has 2 aromatic carbocycles. The SMILES string of the molecule is CP(=O)(O)c1ccccc1-c1ccccc1. The maximum absolute atomic E-state index is 11.8. The van der Waals surface area contributed by atoms with Crippen molar-refractivity contribution in [1.82, 2.24) is 0 Å². The average molecular weight is 232 g/mol. The van der Waals surface area contributed by atoms with Gasteiger partial charge < -0.3 is 4.89 Å². The quantitative estimate of drug-likeness (QED) is 0.808. The van der Waals surface area contributed by atoms with Crippen molar-refractivity contribution in [3.63, 3.8) is 0 Å². The Morgan fingerprint density at radius 1 is 0.938 bits per heavy atom. The zero-order chi connectivity index (χ0) is 11.6. The molecule has 2 nitrogen and oxygen atoms in total. The van der Waals surface area contributed by atoms with Gasteiger partial charge in [0.25, 0.3) is 0 Å². The Morgan fingerprint density at radius 3 is 2.12 bits per heavy atom. The maximum atomic E-state index is 11.8. The van der Waals surface area contributed by atoms with E-state index in [9.17, 15) is 9.46 Å². The van der Waals surface area contributed by atoms with E-state index in [4.69, 9.17) is 0 Å². The molecule has 0 amide bonds. The fourth-order valence-electron chi connectivity index (χ4n) is 1.70. The van der Waals surface area contributed by atoms with Crippen LogP contribution >= 0.6 is 7.37 Å². The van der Waals surface area contributed by atoms with Gasteiger partial charge in [-0.1, -0.05) is 48.5 Å². The van der Waals surface area contributed by atoms with Gasteiger partial charge in [0.1, 0.15) is 0 Å². The average Bonchev–Trinajstić information content (AvgIpc) is 2.29. The molecule has 0 radical (unpaired) electrons. The number of hydrogen-bond donors (Lipinski definition) is 1. The Labute approximate surface area is 95.0 Å². The van der Waals surface area contributed by atoms with E-state index in [0.717, 1.165) is 11.1 Å². The molecule has 0 aliphatic carbocycles. The predicted octanol–water partition coefficient (Wildman–Crippen LogP) is 2.88. The molecule has 16 heavy (non-hydrogen) atoms. The van der Waals surface area contributed by atoms with Gasteiger partial charge in [-0.2, -0.15) is 0 Å². The molecule has 0 fully saturated rings. The lowest BCUT2D eigenvalue weighted by Crippen LogP contribution is -2.06. The van der Waals surface area contributed by atoms with E-state index in [1.807, 2.05) is 42.5 Å². The van der Waals surface area contributed by atoms with Gasteiger partial charge in [-0.25, -0.2) is 0 Å². The topological polar surface area (TPSA) is 37.3 Å². The van der Waals surface area contributed by atoms with E-state index in [-0.39, 0.29) is 0 Å². The number of rotatable bonds is 2. The molecule has 0 saturated carbocycles. The first-order valence-corrected chi connectivity index (χ1v) is 7.15. The van der Waals surface area contributed by atoms with Crippen LogP contribution in [0.2, 0.25) is 0 Å². The van der Waals surface area contributed by atoms with E-state index in [1.54, 1.807) is 12.1 Å². The highest BCUT2D eigenvalue weighted by Gasteiger charge is 2.18. The highest BCUT2D eigenvalue weighted by molar-refractivity contribution is 7.65. The van der Waals surface area contributed by atoms with Crippen LogP contribution in [0.5, 0.6) is 0 Å². The molecule has 0 bridgehead atoms. The van der Waals surface area contributed by atoms with Gasteiger partial charge in [0, 0.05) is 12.0 Å². The van der Waals surface area contributed by atoms with Crippen molar-refractivity contribution in [2.75, 3.05) is 6.66 Å². The summed E-state index contributed by atoms with van der Waals surface area (Å²) in [6.07, 6.45) is 0. The molecule has 2 aromatic rings. The zero-order valence-corrected chi connectivity index (χ0v) is 9.89. The summed E-state index contributed by atoms with van der Waals surface area (Å²) < 4.78 is 11.8. The van der Waals surface area contributed by atoms with Crippen molar-refractivity contribution < 1.29 is 9.46 Å². The van der Waals surface area contributed by atoms with Crippen molar-refractivity contribution in [2.24, 2.45) is 0 Å². The summed E-state index contributed by atoms with van der Waals surface area (Å²) in [6, 6.07) is 16.9. The molecule has 82 valence electrons. The third-order valence-corrected chi connectivity index (χ3v) is 3.72. The first-order chi connectivity index (χ1) is 7.59. The van der Waals surface area contributed by atoms with Gasteiger partial charge in [-0.3, -0.25) is 4.57 Å². The van der Waals surface area contributed by atoms with Gasteiger partial charge in [0.05, 0.1) is 0 Å². The lowest BCUT2D eigenvalue weighted by molar-refractivity contribution is 0.496. The van der Waals surface area contributed by atoms with Crippen molar-refractivity contribution in [3.05, 3.63) is 54.6 Å². The monoisotopic (exact) mass is 232 g/mol. The summed E-state index contributed by atoms with van der Waals surface area (Å²) in [7, 11) is -3.22. The molecule has 0 heterocycles. The minimum atomic E-state index is -3.22. The largest absolute Gasteiger partial charge is 0.341 e. The van der Waals surface area contributed by atoms with Crippen molar-refractivity contribution in [1.29, 1.82) is 0 Å². The van der Waals surface area contributed by atoms with Crippen LogP contribution in [0.15, 0.2) is 54.6 Å². The molecule has 2 rings (SSSR count). The van der Waals surface area contributed by atoms with Crippen LogP contribution in [0.3, 0.4) is 0 Å². The minimum Gasteiger partial charge on any atom is -0.341 e. The molecular formula is C13H13O2P. The standard InChI is InChI=1S/C13H13O2P/c1-16(14,15)13-10-6-5-9-12(13)11-7-3-2-4-8-11/h2-10H,1H3,(H,14,15). The van der Waals surface area contributed by atoms with E-state index in [0.29, 0.717) is 5.30 Å². The van der Waals surface area contributed by atoms with Gasteiger partial charge in [-0.15, -0.1) is 0 Å². The van der Waals surface area contributed by atoms with Gasteiger partial charge >= 0.3 is 0 Å². The van der Waals surface area contributed by atoms with Crippen molar-refractivity contribution in [2.45, 2.75) is 0 Å². The summed E-state index contributed by atoms with van der Waals surface area (Å²) in [6.45, 7) is 1.37. The van der Waals surface area contributed by atoms with E-state index in [1.165, 1.54) is 6.66 Å². The molecule has 0 spiro atoms. The summed E-state index contributed by atoms with van der Waals surface area (Å²) in [5.41, 5.74) is 1.80. The van der Waals surface area contributed by atoms with Crippen LogP contribution in [0.4, 0.5) is 0 Å². The molecule has 1 atom stereocenters. The number of benzene rings is 2. The summed E-state index contributed by atoms with van der Waals surface area (Å²) in [5, 5.41) is 0.515. The molecule has 0 aromatic heterocycles. The lowest BCUT2D eigenvalue weighted by atomic mass is 10.1. The van der Waals surface area contributed by atoms with Crippen molar-refractivity contribution in [3.8, 4) is 11.1 Å². The Kier molecular flexibility index (Phi) is 2.95.